The first-order valence-corrected chi connectivity index (χ1v) is 6.19. The van der Waals surface area contributed by atoms with Crippen molar-refractivity contribution in [2.24, 2.45) is 5.41 Å². The van der Waals surface area contributed by atoms with Crippen LogP contribution in [0, 0.1) is 5.41 Å². The topological polar surface area (TPSA) is 90.5 Å². The fourth-order valence-electron chi connectivity index (χ4n) is 1.45. The third-order valence-electron chi connectivity index (χ3n) is 2.76. The minimum Gasteiger partial charge on any atom is -0.396 e. The molecule has 4 N–H and O–H groups in total. The summed E-state index contributed by atoms with van der Waals surface area (Å²) in [6, 6.07) is -0.941. The average Bonchev–Trinajstić information content (AvgIpc) is 2.33. The number of amides is 3. The molecule has 1 unspecified atom stereocenters. The largest absolute Gasteiger partial charge is 0.396 e. The summed E-state index contributed by atoms with van der Waals surface area (Å²) in [7, 11) is 1.46. The number of carbonyl (C=O) groups is 2. The second-order valence-corrected chi connectivity index (χ2v) is 5.16. The van der Waals surface area contributed by atoms with E-state index < -0.39 is 12.1 Å². The number of hydrogen-bond acceptors (Lipinski definition) is 4. The van der Waals surface area contributed by atoms with E-state index in [-0.39, 0.29) is 17.9 Å². The Morgan fingerprint density at radius 1 is 1.33 bits per heavy atom. The van der Waals surface area contributed by atoms with Crippen molar-refractivity contribution in [2.75, 3.05) is 20.2 Å². The van der Waals surface area contributed by atoms with E-state index in [1.807, 2.05) is 0 Å². The summed E-state index contributed by atoms with van der Waals surface area (Å²) >= 11 is 0. The summed E-state index contributed by atoms with van der Waals surface area (Å²) < 4.78 is 0. The third kappa shape index (κ3) is 7.24. The minimum atomic E-state index is -0.506. The van der Waals surface area contributed by atoms with Gasteiger partial charge in [0.2, 0.25) is 5.91 Å². The predicted molar refractivity (Wildman–Crippen MR) is 70.2 cm³/mol. The molecule has 106 valence electrons. The monoisotopic (exact) mass is 259 g/mol. The van der Waals surface area contributed by atoms with E-state index in [1.165, 1.54) is 7.05 Å². The van der Waals surface area contributed by atoms with Gasteiger partial charge in [0, 0.05) is 20.2 Å². The Labute approximate surface area is 109 Å². The first kappa shape index (κ1) is 16.9. The maximum Gasteiger partial charge on any atom is 0.321 e. The zero-order valence-corrected chi connectivity index (χ0v) is 11.7. The predicted octanol–water partition coefficient (Wildman–Crippen LogP) is 0.219. The van der Waals surface area contributed by atoms with Crippen LogP contribution in [0.15, 0.2) is 0 Å². The molecule has 18 heavy (non-hydrogen) atoms. The van der Waals surface area contributed by atoms with Crippen LogP contribution >= 0.6 is 0 Å². The number of rotatable bonds is 7. The van der Waals surface area contributed by atoms with Gasteiger partial charge < -0.3 is 15.7 Å². The molecule has 0 aliphatic rings. The van der Waals surface area contributed by atoms with E-state index in [9.17, 15) is 9.59 Å². The van der Waals surface area contributed by atoms with Gasteiger partial charge in [-0.1, -0.05) is 13.8 Å². The van der Waals surface area contributed by atoms with E-state index in [0.29, 0.717) is 6.54 Å². The molecule has 1 atom stereocenters. The molecule has 0 aliphatic carbocycles. The molecule has 0 aliphatic heterocycles. The Balaban J connectivity index is 4.04. The third-order valence-corrected chi connectivity index (χ3v) is 2.76. The van der Waals surface area contributed by atoms with Crippen molar-refractivity contribution in [1.29, 1.82) is 0 Å². The molecule has 0 rings (SSSR count). The zero-order chi connectivity index (χ0) is 14.2. The highest BCUT2D eigenvalue weighted by Gasteiger charge is 2.21. The minimum absolute atomic E-state index is 0.00425. The van der Waals surface area contributed by atoms with Crippen LogP contribution in [-0.4, -0.2) is 43.3 Å². The van der Waals surface area contributed by atoms with Crippen molar-refractivity contribution in [3.63, 3.8) is 0 Å². The molecule has 0 radical (unpaired) electrons. The van der Waals surface area contributed by atoms with Crippen LogP contribution in [0.2, 0.25) is 0 Å². The summed E-state index contributed by atoms with van der Waals surface area (Å²) in [5, 5.41) is 16.4. The molecule has 6 nitrogen and oxygen atoms in total. The molecule has 6 heteroatoms. The Morgan fingerprint density at radius 2 is 1.94 bits per heavy atom. The van der Waals surface area contributed by atoms with Crippen molar-refractivity contribution < 1.29 is 14.7 Å². The summed E-state index contributed by atoms with van der Waals surface area (Å²) in [6.07, 6.45) is 1.62. The zero-order valence-electron chi connectivity index (χ0n) is 11.7. The average molecular weight is 259 g/mol. The van der Waals surface area contributed by atoms with E-state index in [2.05, 4.69) is 29.8 Å². The molecule has 0 fully saturated rings. The molecule has 0 aromatic carbocycles. The highest BCUT2D eigenvalue weighted by molar-refractivity contribution is 5.96. The lowest BCUT2D eigenvalue weighted by atomic mass is 9.87. The maximum atomic E-state index is 11.6. The Kier molecular flexibility index (Phi) is 7.54. The van der Waals surface area contributed by atoms with E-state index >= 15 is 0 Å². The van der Waals surface area contributed by atoms with Gasteiger partial charge in [-0.2, -0.15) is 0 Å². The maximum absolute atomic E-state index is 11.6. The van der Waals surface area contributed by atoms with Crippen molar-refractivity contribution in [3.8, 4) is 0 Å². The van der Waals surface area contributed by atoms with E-state index in [4.69, 9.17) is 5.11 Å². The van der Waals surface area contributed by atoms with Gasteiger partial charge in [-0.05, 0) is 25.2 Å². The molecular formula is C12H25N3O3. The van der Waals surface area contributed by atoms with Crippen LogP contribution in [0.3, 0.4) is 0 Å². The molecular weight excluding hydrogens is 234 g/mol. The summed E-state index contributed by atoms with van der Waals surface area (Å²) in [5.74, 6) is -0.354. The highest BCUT2D eigenvalue weighted by Crippen LogP contribution is 2.20. The normalized spacial score (nSPS) is 12.9. The lowest BCUT2D eigenvalue weighted by Crippen LogP contribution is -2.49. The molecule has 3 amide bonds. The number of imide groups is 1. The van der Waals surface area contributed by atoms with Crippen molar-refractivity contribution >= 4 is 11.9 Å². The number of aliphatic hydroxyl groups excluding tert-OH is 1. The van der Waals surface area contributed by atoms with Gasteiger partial charge >= 0.3 is 6.03 Å². The second-order valence-electron chi connectivity index (χ2n) is 5.16. The van der Waals surface area contributed by atoms with Crippen molar-refractivity contribution in [2.45, 2.75) is 39.7 Å². The molecule has 0 aromatic heterocycles. The van der Waals surface area contributed by atoms with Gasteiger partial charge in [-0.3, -0.25) is 10.1 Å². The SMILES string of the molecule is CNC(=O)NC(=O)C(C)NCC(C)(C)CCCO. The quantitative estimate of drug-likeness (QED) is 0.526. The summed E-state index contributed by atoms with van der Waals surface area (Å²) in [4.78, 5) is 22.5. The Bertz CT molecular complexity index is 280. The lowest BCUT2D eigenvalue weighted by Gasteiger charge is -2.26. The summed E-state index contributed by atoms with van der Waals surface area (Å²) in [5.41, 5.74) is 0.00425. The summed E-state index contributed by atoms with van der Waals surface area (Å²) in [6.45, 7) is 6.67. The Hall–Kier alpha value is -1.14. The fraction of sp³-hybridized carbons (Fsp3) is 0.833. The van der Waals surface area contributed by atoms with Crippen LogP contribution in [0.5, 0.6) is 0 Å². The standard InChI is InChI=1S/C12H25N3O3/c1-9(10(17)15-11(18)13-4)14-8-12(2,3)6-5-7-16/h9,14,16H,5-8H2,1-4H3,(H2,13,15,17,18). The molecule has 0 bridgehead atoms. The van der Waals surface area contributed by atoms with Crippen molar-refractivity contribution in [3.05, 3.63) is 0 Å². The molecule has 0 saturated heterocycles. The molecule has 0 aromatic rings. The lowest BCUT2D eigenvalue weighted by molar-refractivity contribution is -0.121. The van der Waals surface area contributed by atoms with E-state index in [0.717, 1.165) is 12.8 Å². The fourth-order valence-corrected chi connectivity index (χ4v) is 1.45. The number of nitrogens with one attached hydrogen (secondary N) is 3. The number of aliphatic hydroxyl groups is 1. The van der Waals surface area contributed by atoms with Gasteiger partial charge in [-0.25, -0.2) is 4.79 Å². The van der Waals surface area contributed by atoms with Crippen LogP contribution < -0.4 is 16.0 Å². The van der Waals surface area contributed by atoms with Crippen LogP contribution in [0.1, 0.15) is 33.6 Å². The molecule has 0 heterocycles. The van der Waals surface area contributed by atoms with Gasteiger partial charge in [0.1, 0.15) is 0 Å². The van der Waals surface area contributed by atoms with Gasteiger partial charge in [0.05, 0.1) is 6.04 Å². The molecule has 0 spiro atoms. The van der Waals surface area contributed by atoms with Gasteiger partial charge in [0.25, 0.3) is 0 Å². The first-order chi connectivity index (χ1) is 8.32. The number of urea groups is 1. The number of carbonyl (C=O) groups excluding carboxylic acids is 2. The molecule has 0 saturated carbocycles. The Morgan fingerprint density at radius 3 is 2.44 bits per heavy atom. The van der Waals surface area contributed by atoms with E-state index in [1.54, 1.807) is 6.92 Å². The number of hydrogen-bond donors (Lipinski definition) is 4. The second kappa shape index (κ2) is 8.05. The van der Waals surface area contributed by atoms with Crippen molar-refractivity contribution in [1.82, 2.24) is 16.0 Å². The van der Waals surface area contributed by atoms with Gasteiger partial charge in [0.15, 0.2) is 0 Å². The highest BCUT2D eigenvalue weighted by atomic mass is 16.3. The van der Waals surface area contributed by atoms with Crippen LogP contribution in [-0.2, 0) is 4.79 Å². The first-order valence-electron chi connectivity index (χ1n) is 6.19. The van der Waals surface area contributed by atoms with Crippen LogP contribution in [0.25, 0.3) is 0 Å². The van der Waals surface area contributed by atoms with Gasteiger partial charge in [-0.15, -0.1) is 0 Å². The smallest absolute Gasteiger partial charge is 0.321 e. The van der Waals surface area contributed by atoms with Crippen LogP contribution in [0.4, 0.5) is 4.79 Å².